The van der Waals surface area contributed by atoms with Crippen molar-refractivity contribution < 1.29 is 13.2 Å². The van der Waals surface area contributed by atoms with Crippen LogP contribution in [0, 0.1) is 0 Å². The van der Waals surface area contributed by atoms with Gasteiger partial charge in [0.2, 0.25) is 15.9 Å². The van der Waals surface area contributed by atoms with Gasteiger partial charge in [0, 0.05) is 39.1 Å². The van der Waals surface area contributed by atoms with Crippen LogP contribution in [0.2, 0.25) is 0 Å². The Morgan fingerprint density at radius 3 is 2.62 bits per heavy atom. The van der Waals surface area contributed by atoms with Crippen LogP contribution in [0.1, 0.15) is 37.8 Å². The Morgan fingerprint density at radius 2 is 2.00 bits per heavy atom. The molecule has 144 valence electrons. The third kappa shape index (κ3) is 3.94. The summed E-state index contributed by atoms with van der Waals surface area (Å²) in [6.07, 6.45) is 3.14. The van der Waals surface area contributed by atoms with Crippen LogP contribution in [0.15, 0.2) is 23.1 Å². The molecule has 0 spiro atoms. The van der Waals surface area contributed by atoms with E-state index < -0.39 is 10.0 Å². The van der Waals surface area contributed by atoms with Gasteiger partial charge in [0.25, 0.3) is 0 Å². The Bertz CT molecular complexity index is 757. The van der Waals surface area contributed by atoms with Crippen molar-refractivity contribution in [1.82, 2.24) is 14.5 Å². The smallest absolute Gasteiger partial charge is 0.243 e. The maximum atomic E-state index is 13.3. The van der Waals surface area contributed by atoms with Gasteiger partial charge in [0.15, 0.2) is 0 Å². The van der Waals surface area contributed by atoms with Crippen molar-refractivity contribution in [1.29, 1.82) is 0 Å². The molecule has 1 unspecified atom stereocenters. The number of amides is 1. The molecule has 3 rings (SSSR count). The second-order valence-corrected chi connectivity index (χ2v) is 9.09. The lowest BCUT2D eigenvalue weighted by Gasteiger charge is -2.27. The molecule has 1 atom stereocenters. The lowest BCUT2D eigenvalue weighted by Crippen LogP contribution is -2.42. The Labute approximate surface area is 156 Å². The number of hydrogen-bond donors (Lipinski definition) is 1. The first-order valence-electron chi connectivity index (χ1n) is 9.53. The van der Waals surface area contributed by atoms with Crippen molar-refractivity contribution in [3.05, 3.63) is 29.3 Å². The van der Waals surface area contributed by atoms with Crippen LogP contribution in [0.3, 0.4) is 0 Å². The van der Waals surface area contributed by atoms with Crippen molar-refractivity contribution in [2.75, 3.05) is 32.7 Å². The minimum absolute atomic E-state index is 0.0342. The molecule has 2 aliphatic heterocycles. The van der Waals surface area contributed by atoms with Gasteiger partial charge < -0.3 is 10.2 Å². The van der Waals surface area contributed by atoms with Crippen LogP contribution in [0.4, 0.5) is 0 Å². The molecule has 0 saturated carbocycles. The van der Waals surface area contributed by atoms with Gasteiger partial charge in [0.1, 0.15) is 0 Å². The second kappa shape index (κ2) is 8.06. The summed E-state index contributed by atoms with van der Waals surface area (Å²) < 4.78 is 28.2. The molecule has 2 aliphatic rings. The minimum Gasteiger partial charge on any atom is -0.342 e. The normalized spacial score (nSPS) is 20.9. The summed E-state index contributed by atoms with van der Waals surface area (Å²) in [6.45, 7) is 7.08. The zero-order chi connectivity index (χ0) is 18.7. The van der Waals surface area contributed by atoms with Gasteiger partial charge in [-0.1, -0.05) is 13.0 Å². The van der Waals surface area contributed by atoms with Crippen molar-refractivity contribution >= 4 is 15.9 Å². The molecule has 1 saturated heterocycles. The number of benzene rings is 1. The fourth-order valence-corrected chi connectivity index (χ4v) is 5.71. The number of rotatable bonds is 5. The molecule has 1 aromatic carbocycles. The molecule has 6 nitrogen and oxygen atoms in total. The molecular formula is C19H29N3O3S. The third-order valence-corrected chi connectivity index (χ3v) is 7.37. The standard InChI is InChI=1S/C19H29N3O3S/c1-3-10-22(18-6-9-20-14-18)26(24,25)19-5-4-16-7-11-21(15(2)23)12-8-17(16)13-19/h4-5,13,18,20H,3,6-12,14H2,1-2H3. The molecule has 26 heavy (non-hydrogen) atoms. The highest BCUT2D eigenvalue weighted by molar-refractivity contribution is 7.89. The van der Waals surface area contributed by atoms with Gasteiger partial charge in [-0.2, -0.15) is 4.31 Å². The molecule has 0 aliphatic carbocycles. The Morgan fingerprint density at radius 1 is 1.27 bits per heavy atom. The van der Waals surface area contributed by atoms with Gasteiger partial charge in [-0.3, -0.25) is 4.79 Å². The zero-order valence-electron chi connectivity index (χ0n) is 15.7. The van der Waals surface area contributed by atoms with Gasteiger partial charge in [-0.25, -0.2) is 8.42 Å². The van der Waals surface area contributed by atoms with Gasteiger partial charge >= 0.3 is 0 Å². The molecule has 0 aromatic heterocycles. The number of nitrogens with zero attached hydrogens (tertiary/aromatic N) is 2. The summed E-state index contributed by atoms with van der Waals surface area (Å²) in [6, 6.07) is 5.54. The summed E-state index contributed by atoms with van der Waals surface area (Å²) >= 11 is 0. The SMILES string of the molecule is CCCN(C1CCNC1)S(=O)(=O)c1ccc2c(c1)CCN(C(C)=O)CC2. The Hall–Kier alpha value is -1.44. The summed E-state index contributed by atoms with van der Waals surface area (Å²) in [5, 5.41) is 3.26. The van der Waals surface area contributed by atoms with Crippen LogP contribution in [0.25, 0.3) is 0 Å². The number of sulfonamides is 1. The maximum Gasteiger partial charge on any atom is 0.243 e. The van der Waals surface area contributed by atoms with Crippen LogP contribution < -0.4 is 5.32 Å². The maximum absolute atomic E-state index is 13.3. The van der Waals surface area contributed by atoms with E-state index in [0.29, 0.717) is 31.0 Å². The van der Waals surface area contributed by atoms with E-state index in [1.807, 2.05) is 24.0 Å². The number of hydrogen-bond acceptors (Lipinski definition) is 4. The largest absolute Gasteiger partial charge is 0.342 e. The van der Waals surface area contributed by atoms with Gasteiger partial charge in [0.05, 0.1) is 4.90 Å². The molecule has 7 heteroatoms. The van der Waals surface area contributed by atoms with Crippen LogP contribution in [0.5, 0.6) is 0 Å². The number of fused-ring (bicyclic) bond motifs is 1. The van der Waals surface area contributed by atoms with E-state index in [9.17, 15) is 13.2 Å². The van der Waals surface area contributed by atoms with Crippen molar-refractivity contribution in [2.45, 2.75) is 50.5 Å². The summed E-state index contributed by atoms with van der Waals surface area (Å²) in [4.78, 5) is 13.9. The number of nitrogens with one attached hydrogen (secondary N) is 1. The van der Waals surface area contributed by atoms with Crippen LogP contribution >= 0.6 is 0 Å². The predicted octanol–water partition coefficient (Wildman–Crippen LogP) is 1.40. The quantitative estimate of drug-likeness (QED) is 0.840. The molecular weight excluding hydrogens is 350 g/mol. The van der Waals surface area contributed by atoms with E-state index in [1.165, 1.54) is 0 Å². The summed E-state index contributed by atoms with van der Waals surface area (Å²) in [5.41, 5.74) is 2.20. The van der Waals surface area contributed by atoms with Crippen molar-refractivity contribution in [3.63, 3.8) is 0 Å². The number of carbonyl (C=O) groups excluding carboxylic acids is 1. The molecule has 1 amide bonds. The molecule has 1 N–H and O–H groups in total. The molecule has 1 fully saturated rings. The zero-order valence-corrected chi connectivity index (χ0v) is 16.5. The van der Waals surface area contributed by atoms with Crippen LogP contribution in [-0.2, 0) is 27.7 Å². The topological polar surface area (TPSA) is 69.7 Å². The van der Waals surface area contributed by atoms with Gasteiger partial charge in [-0.05, 0) is 55.5 Å². The predicted molar refractivity (Wildman–Crippen MR) is 102 cm³/mol. The first-order chi connectivity index (χ1) is 12.4. The molecule has 1 aromatic rings. The second-order valence-electron chi connectivity index (χ2n) is 7.20. The third-order valence-electron chi connectivity index (χ3n) is 5.42. The van der Waals surface area contributed by atoms with Crippen molar-refractivity contribution in [3.8, 4) is 0 Å². The highest BCUT2D eigenvalue weighted by atomic mass is 32.2. The summed E-state index contributed by atoms with van der Waals surface area (Å²) in [7, 11) is -3.51. The van der Waals surface area contributed by atoms with E-state index in [0.717, 1.165) is 43.5 Å². The van der Waals surface area contributed by atoms with E-state index >= 15 is 0 Å². The summed E-state index contributed by atoms with van der Waals surface area (Å²) in [5.74, 6) is 0.0773. The van der Waals surface area contributed by atoms with E-state index in [2.05, 4.69) is 5.32 Å². The van der Waals surface area contributed by atoms with E-state index in [-0.39, 0.29) is 11.9 Å². The monoisotopic (exact) mass is 379 g/mol. The molecule has 0 bridgehead atoms. The van der Waals surface area contributed by atoms with Gasteiger partial charge in [-0.15, -0.1) is 0 Å². The first kappa shape index (κ1) is 19.3. The highest BCUT2D eigenvalue weighted by Gasteiger charge is 2.33. The molecule has 0 radical (unpaired) electrons. The van der Waals surface area contributed by atoms with E-state index in [1.54, 1.807) is 17.3 Å². The fraction of sp³-hybridized carbons (Fsp3) is 0.632. The highest BCUT2D eigenvalue weighted by Crippen LogP contribution is 2.25. The Balaban J connectivity index is 1.88. The number of carbonyl (C=O) groups is 1. The lowest BCUT2D eigenvalue weighted by molar-refractivity contribution is -0.128. The average molecular weight is 380 g/mol. The lowest BCUT2D eigenvalue weighted by atomic mass is 10.0. The van der Waals surface area contributed by atoms with Crippen molar-refractivity contribution in [2.24, 2.45) is 0 Å². The van der Waals surface area contributed by atoms with Crippen LogP contribution in [-0.4, -0.2) is 62.3 Å². The fourth-order valence-electron chi connectivity index (χ4n) is 3.92. The van der Waals surface area contributed by atoms with E-state index in [4.69, 9.17) is 0 Å². The first-order valence-corrected chi connectivity index (χ1v) is 11.0. The minimum atomic E-state index is -3.51. The Kier molecular flexibility index (Phi) is 5.99. The average Bonchev–Trinajstić information content (AvgIpc) is 3.04. The molecule has 2 heterocycles.